The molecule has 0 spiro atoms. The SMILES string of the molecule is CCOc1cc(/C=C2\SC(=S)N(c3ccc(CC)cc3)C2=O)ccc1OCC(=O)Nc1cc(Cl)ccc1C. The number of anilines is 2. The van der Waals surface area contributed by atoms with Crippen LogP contribution in [0.15, 0.2) is 65.6 Å². The molecule has 0 unspecified atom stereocenters. The van der Waals surface area contributed by atoms with Crippen LogP contribution in [0, 0.1) is 6.92 Å². The number of aryl methyl sites for hydroxylation is 2. The number of ether oxygens (including phenoxy) is 2. The molecule has 0 saturated carbocycles. The average molecular weight is 567 g/mol. The molecule has 1 saturated heterocycles. The van der Waals surface area contributed by atoms with E-state index in [2.05, 4.69) is 12.2 Å². The van der Waals surface area contributed by atoms with Crippen molar-refractivity contribution in [3.63, 3.8) is 0 Å². The molecule has 1 N–H and O–H groups in total. The van der Waals surface area contributed by atoms with Crippen LogP contribution in [0.25, 0.3) is 6.08 Å². The number of nitrogens with zero attached hydrogens (tertiary/aromatic N) is 1. The van der Waals surface area contributed by atoms with E-state index in [-0.39, 0.29) is 18.4 Å². The number of amides is 2. The van der Waals surface area contributed by atoms with Gasteiger partial charge in [-0.25, -0.2) is 0 Å². The summed E-state index contributed by atoms with van der Waals surface area (Å²) in [5.41, 5.74) is 4.22. The summed E-state index contributed by atoms with van der Waals surface area (Å²) in [4.78, 5) is 27.7. The Morgan fingerprint density at radius 3 is 2.53 bits per heavy atom. The lowest BCUT2D eigenvalue weighted by molar-refractivity contribution is -0.118. The molecule has 1 aliphatic heterocycles. The Bertz CT molecular complexity index is 1410. The lowest BCUT2D eigenvalue weighted by atomic mass is 10.1. The van der Waals surface area contributed by atoms with Gasteiger partial charge in [-0.2, -0.15) is 0 Å². The minimum absolute atomic E-state index is 0.171. The van der Waals surface area contributed by atoms with E-state index in [1.165, 1.54) is 17.3 Å². The predicted octanol–water partition coefficient (Wildman–Crippen LogP) is 7.03. The van der Waals surface area contributed by atoms with E-state index in [1.54, 1.807) is 41.3 Å². The van der Waals surface area contributed by atoms with Crippen molar-refractivity contribution in [2.75, 3.05) is 23.4 Å². The van der Waals surface area contributed by atoms with Crippen LogP contribution in [0.4, 0.5) is 11.4 Å². The molecule has 0 atom stereocenters. The summed E-state index contributed by atoms with van der Waals surface area (Å²) in [7, 11) is 0. The number of hydrogen-bond donors (Lipinski definition) is 1. The Balaban J connectivity index is 1.47. The molecular formula is C29H27ClN2O4S2. The fraction of sp³-hybridized carbons (Fsp3) is 0.207. The van der Waals surface area contributed by atoms with Crippen molar-refractivity contribution in [3.05, 3.63) is 87.3 Å². The van der Waals surface area contributed by atoms with Gasteiger partial charge in [-0.05, 0) is 79.4 Å². The van der Waals surface area contributed by atoms with E-state index < -0.39 is 0 Å². The maximum absolute atomic E-state index is 13.2. The number of nitrogens with one attached hydrogen (secondary N) is 1. The first-order valence-corrected chi connectivity index (χ1v) is 13.7. The number of benzene rings is 3. The third-order valence-electron chi connectivity index (χ3n) is 5.79. The van der Waals surface area contributed by atoms with Crippen molar-refractivity contribution in [2.24, 2.45) is 0 Å². The van der Waals surface area contributed by atoms with Crippen LogP contribution in [-0.2, 0) is 16.0 Å². The topological polar surface area (TPSA) is 67.9 Å². The van der Waals surface area contributed by atoms with Crippen molar-refractivity contribution in [2.45, 2.75) is 27.2 Å². The fourth-order valence-corrected chi connectivity index (χ4v) is 5.25. The number of halogens is 1. The first-order valence-electron chi connectivity index (χ1n) is 12.1. The second kappa shape index (κ2) is 12.5. The molecule has 9 heteroatoms. The molecule has 1 fully saturated rings. The van der Waals surface area contributed by atoms with Gasteiger partial charge in [0.15, 0.2) is 22.4 Å². The minimum atomic E-state index is -0.322. The van der Waals surface area contributed by atoms with E-state index in [9.17, 15) is 9.59 Å². The van der Waals surface area contributed by atoms with Crippen LogP contribution >= 0.6 is 35.6 Å². The van der Waals surface area contributed by atoms with Gasteiger partial charge in [0.05, 0.1) is 17.2 Å². The molecule has 1 heterocycles. The van der Waals surface area contributed by atoms with E-state index >= 15 is 0 Å². The van der Waals surface area contributed by atoms with Gasteiger partial charge in [0.25, 0.3) is 11.8 Å². The average Bonchev–Trinajstić information content (AvgIpc) is 3.18. The molecule has 2 amide bonds. The van der Waals surface area contributed by atoms with Crippen LogP contribution in [0.1, 0.15) is 30.5 Å². The van der Waals surface area contributed by atoms with Crippen LogP contribution in [-0.4, -0.2) is 29.3 Å². The van der Waals surface area contributed by atoms with E-state index in [0.29, 0.717) is 38.0 Å². The summed E-state index contributed by atoms with van der Waals surface area (Å²) in [5.74, 6) is 0.400. The Morgan fingerprint density at radius 1 is 1.05 bits per heavy atom. The molecule has 1 aliphatic rings. The van der Waals surface area contributed by atoms with Crippen LogP contribution < -0.4 is 19.7 Å². The smallest absolute Gasteiger partial charge is 0.270 e. The molecule has 0 radical (unpaired) electrons. The summed E-state index contributed by atoms with van der Waals surface area (Å²) >= 11 is 12.8. The third kappa shape index (κ3) is 6.56. The monoisotopic (exact) mass is 566 g/mol. The number of carbonyl (C=O) groups excluding carboxylic acids is 2. The number of rotatable bonds is 9. The van der Waals surface area contributed by atoms with Gasteiger partial charge in [0.1, 0.15) is 0 Å². The number of thioether (sulfide) groups is 1. The Hall–Kier alpha value is -3.33. The molecule has 0 aliphatic carbocycles. The highest BCUT2D eigenvalue weighted by Crippen LogP contribution is 2.37. The lowest BCUT2D eigenvalue weighted by Crippen LogP contribution is -2.27. The van der Waals surface area contributed by atoms with Gasteiger partial charge >= 0.3 is 0 Å². The zero-order chi connectivity index (χ0) is 27.2. The maximum atomic E-state index is 13.2. The summed E-state index contributed by atoms with van der Waals surface area (Å²) in [6.45, 7) is 6.03. The molecule has 6 nitrogen and oxygen atoms in total. The highest BCUT2D eigenvalue weighted by Gasteiger charge is 2.33. The summed E-state index contributed by atoms with van der Waals surface area (Å²) < 4.78 is 12.0. The second-order valence-electron chi connectivity index (χ2n) is 8.47. The molecule has 0 bridgehead atoms. The standard InChI is InChI=1S/C29H27ClN2O4S2/c1-4-19-7-11-22(12-8-19)32-28(34)26(38-29(32)37)15-20-9-13-24(25(14-20)35-5-2)36-17-27(33)31-23-16-21(30)10-6-18(23)3/h6-16H,4-5,17H2,1-3H3,(H,31,33)/b26-15-. The molecular weight excluding hydrogens is 540 g/mol. The van der Waals surface area contributed by atoms with Gasteiger partial charge in [0.2, 0.25) is 0 Å². The Kier molecular flexibility index (Phi) is 9.09. The quantitative estimate of drug-likeness (QED) is 0.221. The first-order chi connectivity index (χ1) is 18.3. The zero-order valence-electron chi connectivity index (χ0n) is 21.2. The lowest BCUT2D eigenvalue weighted by Gasteiger charge is -2.15. The summed E-state index contributed by atoms with van der Waals surface area (Å²) in [6, 6.07) is 18.4. The van der Waals surface area contributed by atoms with Gasteiger partial charge in [0, 0.05) is 10.7 Å². The predicted molar refractivity (Wildman–Crippen MR) is 159 cm³/mol. The molecule has 196 valence electrons. The molecule has 38 heavy (non-hydrogen) atoms. The summed E-state index contributed by atoms with van der Waals surface area (Å²) in [5, 5.41) is 3.34. The molecule has 3 aromatic carbocycles. The number of thiocarbonyl (C=S) groups is 1. The van der Waals surface area contributed by atoms with E-state index in [0.717, 1.165) is 23.2 Å². The van der Waals surface area contributed by atoms with Crippen molar-refractivity contribution >= 4 is 69.2 Å². The van der Waals surface area contributed by atoms with Crippen LogP contribution in [0.2, 0.25) is 5.02 Å². The van der Waals surface area contributed by atoms with Gasteiger partial charge in [-0.15, -0.1) is 0 Å². The van der Waals surface area contributed by atoms with E-state index in [4.69, 9.17) is 33.3 Å². The second-order valence-corrected chi connectivity index (χ2v) is 10.6. The van der Waals surface area contributed by atoms with Crippen molar-refractivity contribution < 1.29 is 19.1 Å². The maximum Gasteiger partial charge on any atom is 0.270 e. The molecule has 3 aromatic rings. The van der Waals surface area contributed by atoms with Crippen molar-refractivity contribution in [1.82, 2.24) is 0 Å². The fourth-order valence-electron chi connectivity index (χ4n) is 3.78. The van der Waals surface area contributed by atoms with Gasteiger partial charge in [-0.1, -0.05) is 66.8 Å². The normalized spacial score (nSPS) is 14.2. The van der Waals surface area contributed by atoms with Crippen molar-refractivity contribution in [1.29, 1.82) is 0 Å². The minimum Gasteiger partial charge on any atom is -0.490 e. The van der Waals surface area contributed by atoms with Gasteiger partial charge in [-0.3, -0.25) is 14.5 Å². The third-order valence-corrected chi connectivity index (χ3v) is 7.33. The van der Waals surface area contributed by atoms with E-state index in [1.807, 2.05) is 44.2 Å². The van der Waals surface area contributed by atoms with Crippen LogP contribution in [0.3, 0.4) is 0 Å². The largest absolute Gasteiger partial charge is 0.490 e. The zero-order valence-corrected chi connectivity index (χ0v) is 23.6. The first kappa shape index (κ1) is 27.7. The Labute approximate surface area is 237 Å². The van der Waals surface area contributed by atoms with Crippen LogP contribution in [0.5, 0.6) is 11.5 Å². The number of hydrogen-bond acceptors (Lipinski definition) is 6. The highest BCUT2D eigenvalue weighted by atomic mass is 35.5. The molecule has 0 aromatic heterocycles. The molecule has 4 rings (SSSR count). The van der Waals surface area contributed by atoms with Gasteiger partial charge < -0.3 is 14.8 Å². The Morgan fingerprint density at radius 2 is 1.82 bits per heavy atom. The number of carbonyl (C=O) groups is 2. The van der Waals surface area contributed by atoms with Crippen molar-refractivity contribution in [3.8, 4) is 11.5 Å². The summed E-state index contributed by atoms with van der Waals surface area (Å²) in [6.07, 6.45) is 2.70. The highest BCUT2D eigenvalue weighted by molar-refractivity contribution is 8.27.